The van der Waals surface area contributed by atoms with Crippen LogP contribution in [0.2, 0.25) is 0 Å². The maximum atomic E-state index is 12.9. The summed E-state index contributed by atoms with van der Waals surface area (Å²) in [5.74, 6) is 0.258. The van der Waals surface area contributed by atoms with Gasteiger partial charge in [0.05, 0.1) is 6.04 Å². The number of fused-ring (bicyclic) bond motifs is 1. The maximum Gasteiger partial charge on any atom is 0.240 e. The van der Waals surface area contributed by atoms with Crippen molar-refractivity contribution in [2.45, 2.75) is 25.6 Å². The Morgan fingerprint density at radius 1 is 0.923 bits per heavy atom. The molecule has 1 fully saturated rings. The van der Waals surface area contributed by atoms with E-state index in [0.29, 0.717) is 0 Å². The van der Waals surface area contributed by atoms with E-state index in [-0.39, 0.29) is 24.4 Å². The summed E-state index contributed by atoms with van der Waals surface area (Å²) < 4.78 is 0. The zero-order valence-corrected chi connectivity index (χ0v) is 15.8. The van der Waals surface area contributed by atoms with Crippen LogP contribution >= 0.6 is 12.4 Å². The molecule has 0 spiro atoms. The number of carbonyl (C=O) groups excluding carboxylic acids is 1. The molecule has 0 unspecified atom stereocenters. The second kappa shape index (κ2) is 8.67. The number of amides is 1. The molecule has 0 aliphatic carbocycles. The van der Waals surface area contributed by atoms with E-state index in [0.717, 1.165) is 45.7 Å². The number of carbonyl (C=O) groups is 1. The lowest BCUT2D eigenvalue weighted by molar-refractivity contribution is -0.135. The van der Waals surface area contributed by atoms with Crippen LogP contribution in [0.5, 0.6) is 0 Å². The van der Waals surface area contributed by atoms with Crippen LogP contribution in [-0.4, -0.2) is 47.9 Å². The molecule has 0 aromatic heterocycles. The third-order valence-electron chi connectivity index (χ3n) is 5.31. The van der Waals surface area contributed by atoms with E-state index in [1.54, 1.807) is 0 Å². The molecule has 1 amide bonds. The second-order valence-electron chi connectivity index (χ2n) is 6.99. The normalized spacial score (nSPS) is 20.2. The molecule has 0 radical (unpaired) electrons. The van der Waals surface area contributed by atoms with Crippen molar-refractivity contribution in [3.63, 3.8) is 0 Å². The SMILES string of the molecule is Cl.O=C([C@@H]1Cc2ccccc2CN1)N1CCN(Cc2ccccc2)CC1. The highest BCUT2D eigenvalue weighted by molar-refractivity contribution is 5.85. The summed E-state index contributed by atoms with van der Waals surface area (Å²) in [6, 6.07) is 18.9. The average molecular weight is 372 g/mol. The lowest BCUT2D eigenvalue weighted by Gasteiger charge is -2.37. The van der Waals surface area contributed by atoms with E-state index >= 15 is 0 Å². The van der Waals surface area contributed by atoms with Gasteiger partial charge >= 0.3 is 0 Å². The van der Waals surface area contributed by atoms with E-state index in [2.05, 4.69) is 64.8 Å². The molecule has 1 atom stereocenters. The number of benzene rings is 2. The maximum absolute atomic E-state index is 12.9. The number of nitrogens with zero attached hydrogens (tertiary/aromatic N) is 2. The minimum Gasteiger partial charge on any atom is -0.339 e. The smallest absolute Gasteiger partial charge is 0.240 e. The molecule has 2 aromatic rings. The van der Waals surface area contributed by atoms with Crippen molar-refractivity contribution in [2.24, 2.45) is 0 Å². The quantitative estimate of drug-likeness (QED) is 0.900. The van der Waals surface area contributed by atoms with Gasteiger partial charge in [0.2, 0.25) is 5.91 Å². The monoisotopic (exact) mass is 371 g/mol. The number of nitrogens with one attached hydrogen (secondary N) is 1. The van der Waals surface area contributed by atoms with Crippen molar-refractivity contribution >= 4 is 18.3 Å². The molecular weight excluding hydrogens is 346 g/mol. The number of piperazine rings is 1. The van der Waals surface area contributed by atoms with Crippen molar-refractivity contribution in [3.05, 3.63) is 71.3 Å². The molecule has 2 aromatic carbocycles. The number of rotatable bonds is 3. The molecule has 2 aliphatic heterocycles. The number of hydrogen-bond acceptors (Lipinski definition) is 3. The van der Waals surface area contributed by atoms with Gasteiger partial charge in [0.25, 0.3) is 0 Å². The molecule has 4 nitrogen and oxygen atoms in total. The summed E-state index contributed by atoms with van der Waals surface area (Å²) in [6.45, 7) is 5.31. The molecule has 1 saturated heterocycles. The van der Waals surface area contributed by atoms with Crippen LogP contribution < -0.4 is 5.32 Å². The third kappa shape index (κ3) is 4.26. The van der Waals surface area contributed by atoms with Crippen molar-refractivity contribution in [1.29, 1.82) is 0 Å². The van der Waals surface area contributed by atoms with Crippen LogP contribution in [0.1, 0.15) is 16.7 Å². The highest BCUT2D eigenvalue weighted by atomic mass is 35.5. The number of hydrogen-bond donors (Lipinski definition) is 1. The summed E-state index contributed by atoms with van der Waals surface area (Å²) in [5.41, 5.74) is 3.97. The van der Waals surface area contributed by atoms with E-state index < -0.39 is 0 Å². The Morgan fingerprint density at radius 3 is 2.31 bits per heavy atom. The Balaban J connectivity index is 0.00000196. The highest BCUT2D eigenvalue weighted by Crippen LogP contribution is 2.18. The topological polar surface area (TPSA) is 35.6 Å². The van der Waals surface area contributed by atoms with Crippen molar-refractivity contribution in [1.82, 2.24) is 15.1 Å². The molecule has 0 bridgehead atoms. The summed E-state index contributed by atoms with van der Waals surface area (Å²) in [4.78, 5) is 17.3. The first-order valence-electron chi connectivity index (χ1n) is 9.15. The van der Waals surface area contributed by atoms with Gasteiger partial charge in [-0.3, -0.25) is 9.69 Å². The van der Waals surface area contributed by atoms with Gasteiger partial charge < -0.3 is 10.2 Å². The fourth-order valence-electron chi connectivity index (χ4n) is 3.82. The van der Waals surface area contributed by atoms with Gasteiger partial charge in [-0.25, -0.2) is 0 Å². The fraction of sp³-hybridized carbons (Fsp3) is 0.381. The zero-order valence-electron chi connectivity index (χ0n) is 14.9. The fourth-order valence-corrected chi connectivity index (χ4v) is 3.82. The van der Waals surface area contributed by atoms with Crippen LogP contribution in [0.3, 0.4) is 0 Å². The van der Waals surface area contributed by atoms with Gasteiger partial charge in [-0.1, -0.05) is 54.6 Å². The van der Waals surface area contributed by atoms with E-state index in [1.165, 1.54) is 16.7 Å². The second-order valence-corrected chi connectivity index (χ2v) is 6.99. The van der Waals surface area contributed by atoms with Crippen LogP contribution in [0.15, 0.2) is 54.6 Å². The Hall–Kier alpha value is -1.88. The first-order chi connectivity index (χ1) is 12.3. The summed E-state index contributed by atoms with van der Waals surface area (Å²) in [5, 5.41) is 3.42. The zero-order chi connectivity index (χ0) is 17.1. The minimum atomic E-state index is -0.0735. The van der Waals surface area contributed by atoms with Gasteiger partial charge in [0.15, 0.2) is 0 Å². The summed E-state index contributed by atoms with van der Waals surface area (Å²) >= 11 is 0. The summed E-state index contributed by atoms with van der Waals surface area (Å²) in [6.07, 6.45) is 0.805. The molecule has 4 rings (SSSR count). The van der Waals surface area contributed by atoms with Gasteiger partial charge in [0, 0.05) is 39.3 Å². The van der Waals surface area contributed by atoms with Crippen LogP contribution in [0.25, 0.3) is 0 Å². The van der Waals surface area contributed by atoms with Gasteiger partial charge in [0.1, 0.15) is 0 Å². The van der Waals surface area contributed by atoms with Crippen LogP contribution in [0, 0.1) is 0 Å². The Labute approximate surface area is 161 Å². The van der Waals surface area contributed by atoms with E-state index in [1.807, 2.05) is 4.90 Å². The molecule has 5 heteroatoms. The Morgan fingerprint density at radius 2 is 1.58 bits per heavy atom. The molecule has 138 valence electrons. The van der Waals surface area contributed by atoms with Gasteiger partial charge in [-0.15, -0.1) is 12.4 Å². The van der Waals surface area contributed by atoms with E-state index in [4.69, 9.17) is 0 Å². The van der Waals surface area contributed by atoms with Gasteiger partial charge in [-0.05, 0) is 23.1 Å². The Bertz CT molecular complexity index is 729. The number of halogens is 1. The highest BCUT2D eigenvalue weighted by Gasteiger charge is 2.29. The molecule has 0 saturated carbocycles. The standard InChI is InChI=1S/C21H25N3O.ClH/c25-21(20-14-18-8-4-5-9-19(18)15-22-20)24-12-10-23(11-13-24)16-17-6-2-1-3-7-17;/h1-9,20,22H,10-16H2;1H/t20-;/m0./s1. The molecule has 1 N–H and O–H groups in total. The van der Waals surface area contributed by atoms with E-state index in [9.17, 15) is 4.79 Å². The third-order valence-corrected chi connectivity index (χ3v) is 5.31. The van der Waals surface area contributed by atoms with Crippen molar-refractivity contribution < 1.29 is 4.79 Å². The minimum absolute atomic E-state index is 0. The lowest BCUT2D eigenvalue weighted by Crippen LogP contribution is -2.55. The Kier molecular flexibility index (Phi) is 6.30. The van der Waals surface area contributed by atoms with Crippen LogP contribution in [0.4, 0.5) is 0 Å². The molecular formula is C21H26ClN3O. The predicted octanol–water partition coefficient (Wildman–Crippen LogP) is 2.47. The molecule has 2 heterocycles. The predicted molar refractivity (Wildman–Crippen MR) is 106 cm³/mol. The van der Waals surface area contributed by atoms with Crippen molar-refractivity contribution in [3.8, 4) is 0 Å². The molecule has 26 heavy (non-hydrogen) atoms. The van der Waals surface area contributed by atoms with Crippen LogP contribution in [-0.2, 0) is 24.3 Å². The summed E-state index contributed by atoms with van der Waals surface area (Å²) in [7, 11) is 0. The van der Waals surface area contributed by atoms with Gasteiger partial charge in [-0.2, -0.15) is 0 Å². The first-order valence-corrected chi connectivity index (χ1v) is 9.15. The largest absolute Gasteiger partial charge is 0.339 e. The first kappa shape index (κ1) is 18.9. The molecule has 2 aliphatic rings. The van der Waals surface area contributed by atoms with Crippen molar-refractivity contribution in [2.75, 3.05) is 26.2 Å². The average Bonchev–Trinajstić information content (AvgIpc) is 2.68. The lowest BCUT2D eigenvalue weighted by atomic mass is 9.95.